The van der Waals surface area contributed by atoms with E-state index in [9.17, 15) is 9.59 Å². The fourth-order valence-corrected chi connectivity index (χ4v) is 3.06. The number of carbonyl (C=O) groups is 2. The quantitative estimate of drug-likeness (QED) is 0.671. The van der Waals surface area contributed by atoms with Crippen LogP contribution in [0.4, 0.5) is 0 Å². The molecule has 1 amide bonds. The molecular formula is C18H18N2O3. The molecule has 1 saturated heterocycles. The van der Waals surface area contributed by atoms with E-state index in [2.05, 4.69) is 10.9 Å². The first-order valence-electron chi connectivity index (χ1n) is 7.45. The summed E-state index contributed by atoms with van der Waals surface area (Å²) in [6.45, 7) is 0. The van der Waals surface area contributed by atoms with Crippen molar-refractivity contribution in [2.24, 2.45) is 5.92 Å². The topological polar surface area (TPSA) is 67.4 Å². The number of hydrazine groups is 1. The molecule has 2 N–H and O–H groups in total. The van der Waals surface area contributed by atoms with E-state index in [4.69, 9.17) is 4.74 Å². The number of amides is 1. The van der Waals surface area contributed by atoms with Crippen LogP contribution >= 0.6 is 0 Å². The van der Waals surface area contributed by atoms with E-state index in [0.29, 0.717) is 0 Å². The summed E-state index contributed by atoms with van der Waals surface area (Å²) in [5.74, 6) is -2.15. The number of hydrogen-bond donors (Lipinski definition) is 2. The van der Waals surface area contributed by atoms with Gasteiger partial charge in [-0.05, 0) is 11.1 Å². The second-order valence-electron chi connectivity index (χ2n) is 5.46. The van der Waals surface area contributed by atoms with Gasteiger partial charge in [-0.3, -0.25) is 15.0 Å². The van der Waals surface area contributed by atoms with E-state index in [0.717, 1.165) is 11.1 Å². The molecule has 0 aliphatic carbocycles. The van der Waals surface area contributed by atoms with Gasteiger partial charge in [-0.25, -0.2) is 5.43 Å². The predicted molar refractivity (Wildman–Crippen MR) is 85.2 cm³/mol. The van der Waals surface area contributed by atoms with E-state index < -0.39 is 11.9 Å². The van der Waals surface area contributed by atoms with Gasteiger partial charge in [0.1, 0.15) is 5.92 Å². The summed E-state index contributed by atoms with van der Waals surface area (Å²) in [4.78, 5) is 24.5. The fraction of sp³-hybridized carbons (Fsp3) is 0.222. The third-order valence-corrected chi connectivity index (χ3v) is 4.15. The van der Waals surface area contributed by atoms with E-state index in [1.54, 1.807) is 0 Å². The van der Waals surface area contributed by atoms with Gasteiger partial charge in [0.2, 0.25) is 5.91 Å². The van der Waals surface area contributed by atoms with Crippen molar-refractivity contribution < 1.29 is 14.3 Å². The number of nitrogens with one attached hydrogen (secondary N) is 2. The highest BCUT2D eigenvalue weighted by molar-refractivity contribution is 5.99. The van der Waals surface area contributed by atoms with Gasteiger partial charge in [0.05, 0.1) is 13.2 Å². The van der Waals surface area contributed by atoms with Crippen molar-refractivity contribution in [1.82, 2.24) is 10.9 Å². The first-order chi connectivity index (χ1) is 11.2. The van der Waals surface area contributed by atoms with Crippen LogP contribution in [0.3, 0.4) is 0 Å². The molecule has 1 aliphatic rings. The Bertz CT molecular complexity index is 680. The fourth-order valence-electron chi connectivity index (χ4n) is 3.06. The van der Waals surface area contributed by atoms with Crippen molar-refractivity contribution >= 4 is 11.9 Å². The molecule has 5 heteroatoms. The highest BCUT2D eigenvalue weighted by Crippen LogP contribution is 2.39. The number of methoxy groups -OCH3 is 1. The number of ether oxygens (including phenoxy) is 1. The third kappa shape index (κ3) is 2.96. The molecule has 0 aromatic heterocycles. The highest BCUT2D eigenvalue weighted by Gasteiger charge is 2.45. The Hall–Kier alpha value is -2.66. The minimum atomic E-state index is -0.895. The molecule has 0 radical (unpaired) electrons. The van der Waals surface area contributed by atoms with Gasteiger partial charge in [0.25, 0.3) is 0 Å². The van der Waals surface area contributed by atoms with Crippen LogP contribution < -0.4 is 10.9 Å². The molecule has 0 saturated carbocycles. The molecule has 118 valence electrons. The zero-order valence-electron chi connectivity index (χ0n) is 12.7. The number of hydrogen-bond acceptors (Lipinski definition) is 4. The largest absolute Gasteiger partial charge is 0.468 e. The van der Waals surface area contributed by atoms with Crippen molar-refractivity contribution in [3.8, 4) is 0 Å². The van der Waals surface area contributed by atoms with Gasteiger partial charge < -0.3 is 4.74 Å². The van der Waals surface area contributed by atoms with Crippen LogP contribution in [0.1, 0.15) is 23.1 Å². The average Bonchev–Trinajstić information content (AvgIpc) is 2.62. The summed E-state index contributed by atoms with van der Waals surface area (Å²) < 4.78 is 4.87. The summed E-state index contributed by atoms with van der Waals surface area (Å²) >= 11 is 0. The number of esters is 1. The normalized spacial score (nSPS) is 23.9. The zero-order valence-corrected chi connectivity index (χ0v) is 12.7. The monoisotopic (exact) mass is 310 g/mol. The first-order valence-corrected chi connectivity index (χ1v) is 7.45. The van der Waals surface area contributed by atoms with Gasteiger partial charge in [0, 0.05) is 5.92 Å². The minimum absolute atomic E-state index is 0.222. The zero-order chi connectivity index (χ0) is 16.2. The lowest BCUT2D eigenvalue weighted by Crippen LogP contribution is -2.55. The van der Waals surface area contributed by atoms with Gasteiger partial charge >= 0.3 is 5.97 Å². The predicted octanol–water partition coefficient (Wildman–Crippen LogP) is 1.94. The number of carbonyl (C=O) groups excluding carboxylic acids is 2. The molecule has 2 aromatic rings. The molecule has 5 nitrogen and oxygen atoms in total. The van der Waals surface area contributed by atoms with Gasteiger partial charge in [-0.15, -0.1) is 0 Å². The lowest BCUT2D eigenvalue weighted by Gasteiger charge is -2.37. The molecule has 1 aliphatic heterocycles. The molecule has 2 aromatic carbocycles. The Kier molecular flexibility index (Phi) is 4.39. The van der Waals surface area contributed by atoms with Gasteiger partial charge in [-0.1, -0.05) is 60.7 Å². The van der Waals surface area contributed by atoms with Crippen LogP contribution in [0.15, 0.2) is 60.7 Å². The number of benzene rings is 2. The molecule has 3 unspecified atom stereocenters. The molecule has 0 spiro atoms. The van der Waals surface area contributed by atoms with Crippen LogP contribution in [0, 0.1) is 5.92 Å². The average molecular weight is 310 g/mol. The van der Waals surface area contributed by atoms with E-state index in [1.807, 2.05) is 60.7 Å². The summed E-state index contributed by atoms with van der Waals surface area (Å²) in [6.07, 6.45) is 0. The lowest BCUT2D eigenvalue weighted by atomic mass is 9.76. The van der Waals surface area contributed by atoms with Crippen molar-refractivity contribution in [2.75, 3.05) is 7.11 Å². The highest BCUT2D eigenvalue weighted by atomic mass is 16.5. The molecular weight excluding hydrogens is 292 g/mol. The minimum Gasteiger partial charge on any atom is -0.468 e. The van der Waals surface area contributed by atoms with Crippen molar-refractivity contribution in [1.29, 1.82) is 0 Å². The summed E-state index contributed by atoms with van der Waals surface area (Å²) in [5, 5.41) is 0. The summed E-state index contributed by atoms with van der Waals surface area (Å²) in [6, 6.07) is 19.1. The van der Waals surface area contributed by atoms with Crippen LogP contribution in [0.25, 0.3) is 0 Å². The standard InChI is InChI=1S/C18H18N2O3/c1-23-18(22)15-14(12-8-4-2-5-9-12)16(19-20-17(15)21)13-10-6-3-7-11-13/h2-11,14-16,19H,1H3,(H,20,21). The maximum absolute atomic E-state index is 12.3. The second kappa shape index (κ2) is 6.62. The van der Waals surface area contributed by atoms with Crippen molar-refractivity contribution in [2.45, 2.75) is 12.0 Å². The van der Waals surface area contributed by atoms with E-state index in [1.165, 1.54) is 7.11 Å². The summed E-state index contributed by atoms with van der Waals surface area (Å²) in [7, 11) is 1.30. The number of rotatable bonds is 3. The molecule has 3 rings (SSSR count). The maximum atomic E-state index is 12.3. The van der Waals surface area contributed by atoms with Crippen LogP contribution in [-0.2, 0) is 14.3 Å². The smallest absolute Gasteiger partial charge is 0.318 e. The van der Waals surface area contributed by atoms with Crippen LogP contribution in [0.2, 0.25) is 0 Å². The first kappa shape index (κ1) is 15.2. The molecule has 1 heterocycles. The van der Waals surface area contributed by atoms with Crippen LogP contribution in [0.5, 0.6) is 0 Å². The Morgan fingerprint density at radius 3 is 2.09 bits per heavy atom. The molecule has 1 fully saturated rings. The molecule has 0 bridgehead atoms. The maximum Gasteiger partial charge on any atom is 0.318 e. The third-order valence-electron chi connectivity index (χ3n) is 4.15. The Balaban J connectivity index is 2.08. The van der Waals surface area contributed by atoms with Crippen molar-refractivity contribution in [3.63, 3.8) is 0 Å². The molecule has 23 heavy (non-hydrogen) atoms. The van der Waals surface area contributed by atoms with Gasteiger partial charge in [0.15, 0.2) is 0 Å². The Labute approximate surface area is 134 Å². The SMILES string of the molecule is COC(=O)C1C(=O)NNC(c2ccccc2)C1c1ccccc1. The lowest BCUT2D eigenvalue weighted by molar-refractivity contribution is -0.153. The van der Waals surface area contributed by atoms with E-state index >= 15 is 0 Å². The van der Waals surface area contributed by atoms with Crippen molar-refractivity contribution in [3.05, 3.63) is 71.8 Å². The van der Waals surface area contributed by atoms with Crippen LogP contribution in [-0.4, -0.2) is 19.0 Å². The Morgan fingerprint density at radius 2 is 1.52 bits per heavy atom. The Morgan fingerprint density at radius 1 is 0.957 bits per heavy atom. The van der Waals surface area contributed by atoms with Gasteiger partial charge in [-0.2, -0.15) is 0 Å². The second-order valence-corrected chi connectivity index (χ2v) is 5.46. The van der Waals surface area contributed by atoms with E-state index in [-0.39, 0.29) is 17.9 Å². The molecule has 3 atom stereocenters. The summed E-state index contributed by atoms with van der Waals surface area (Å²) in [5.41, 5.74) is 7.55.